The van der Waals surface area contributed by atoms with Crippen LogP contribution in [-0.4, -0.2) is 81.1 Å². The molecule has 0 radical (unpaired) electrons. The van der Waals surface area contributed by atoms with Crippen LogP contribution in [0.2, 0.25) is 0 Å². The topological polar surface area (TPSA) is 110 Å². The standard InChI is InChI=1S/C27H30F6N4O6/c28-26(29,30)42-21-3-1-2-17(15-21)35-25(39)36-18-4-5-19(14-18)41-20-6-7-23(43-27(31,32)33)22(16-20)24(38)34-8-9-37-10-12-40-13-11-37/h1-3,6-7,15-16,18-19H,4-5,8-14H2,(H,34,38)(H2,35,36,39). The van der Waals surface area contributed by atoms with Crippen molar-refractivity contribution < 1.29 is 54.9 Å². The first kappa shape index (κ1) is 32.0. The second kappa shape index (κ2) is 14.0. The zero-order chi connectivity index (χ0) is 31.0. The van der Waals surface area contributed by atoms with Crippen LogP contribution in [0.25, 0.3) is 0 Å². The Hall–Kier alpha value is -3.92. The van der Waals surface area contributed by atoms with E-state index < -0.39 is 42.3 Å². The van der Waals surface area contributed by atoms with Crippen molar-refractivity contribution in [1.82, 2.24) is 15.5 Å². The third kappa shape index (κ3) is 10.7. The molecule has 43 heavy (non-hydrogen) atoms. The van der Waals surface area contributed by atoms with Crippen LogP contribution >= 0.6 is 0 Å². The molecule has 2 unspecified atom stereocenters. The second-order valence-corrected chi connectivity index (χ2v) is 9.84. The first-order valence-corrected chi connectivity index (χ1v) is 13.4. The van der Waals surface area contributed by atoms with Crippen LogP contribution in [0.15, 0.2) is 42.5 Å². The number of rotatable bonds is 10. The first-order chi connectivity index (χ1) is 20.3. The Morgan fingerprint density at radius 3 is 2.40 bits per heavy atom. The molecule has 2 aromatic carbocycles. The molecule has 2 aliphatic rings. The molecular formula is C27H30F6N4O6. The van der Waals surface area contributed by atoms with Crippen LogP contribution in [0.3, 0.4) is 0 Å². The molecule has 1 aliphatic carbocycles. The summed E-state index contributed by atoms with van der Waals surface area (Å²) in [5.41, 5.74) is -0.262. The first-order valence-electron chi connectivity index (χ1n) is 13.4. The van der Waals surface area contributed by atoms with Crippen LogP contribution < -0.4 is 30.2 Å². The zero-order valence-corrected chi connectivity index (χ0v) is 22.7. The van der Waals surface area contributed by atoms with Gasteiger partial charge in [0.25, 0.3) is 5.91 Å². The van der Waals surface area contributed by atoms with E-state index >= 15 is 0 Å². The quantitative estimate of drug-likeness (QED) is 0.332. The molecule has 1 saturated heterocycles. The van der Waals surface area contributed by atoms with Gasteiger partial charge in [0.05, 0.1) is 18.8 Å². The van der Waals surface area contributed by atoms with Gasteiger partial charge in [-0.25, -0.2) is 4.79 Å². The predicted octanol–water partition coefficient (Wildman–Crippen LogP) is 4.67. The second-order valence-electron chi connectivity index (χ2n) is 9.84. The molecule has 0 aromatic heterocycles. The molecular weight excluding hydrogens is 590 g/mol. The number of carbonyl (C=O) groups is 2. The third-order valence-corrected chi connectivity index (χ3v) is 6.59. The monoisotopic (exact) mass is 620 g/mol. The van der Waals surface area contributed by atoms with Crippen molar-refractivity contribution in [3.8, 4) is 17.2 Å². The normalized spacial score (nSPS) is 19.4. The van der Waals surface area contributed by atoms with E-state index in [1.165, 1.54) is 24.3 Å². The lowest BCUT2D eigenvalue weighted by atomic mass is 10.1. The van der Waals surface area contributed by atoms with Gasteiger partial charge < -0.3 is 34.9 Å². The summed E-state index contributed by atoms with van der Waals surface area (Å²) in [4.78, 5) is 27.3. The molecule has 0 spiro atoms. The van der Waals surface area contributed by atoms with E-state index in [-0.39, 0.29) is 29.6 Å². The molecule has 10 nitrogen and oxygen atoms in total. The largest absolute Gasteiger partial charge is 0.573 e. The Morgan fingerprint density at radius 1 is 0.930 bits per heavy atom. The van der Waals surface area contributed by atoms with Crippen molar-refractivity contribution >= 4 is 17.6 Å². The number of halogens is 6. The van der Waals surface area contributed by atoms with Gasteiger partial charge in [0.2, 0.25) is 0 Å². The lowest BCUT2D eigenvalue weighted by Gasteiger charge is -2.26. The average molecular weight is 621 g/mol. The molecule has 0 bridgehead atoms. The van der Waals surface area contributed by atoms with Gasteiger partial charge in [-0.2, -0.15) is 0 Å². The Bertz CT molecular complexity index is 1260. The molecule has 236 valence electrons. The summed E-state index contributed by atoms with van der Waals surface area (Å²) in [6.07, 6.45) is -8.99. The maximum atomic E-state index is 13.0. The minimum Gasteiger partial charge on any atom is -0.490 e. The average Bonchev–Trinajstić information content (AvgIpc) is 3.34. The van der Waals surface area contributed by atoms with Crippen LogP contribution in [-0.2, 0) is 4.74 Å². The fourth-order valence-corrected chi connectivity index (χ4v) is 4.72. The summed E-state index contributed by atoms with van der Waals surface area (Å²) in [6.45, 7) is 3.20. The molecule has 1 saturated carbocycles. The number of ether oxygens (including phenoxy) is 4. The fourth-order valence-electron chi connectivity index (χ4n) is 4.72. The number of carbonyl (C=O) groups excluding carboxylic acids is 2. The molecule has 3 N–H and O–H groups in total. The van der Waals surface area contributed by atoms with Crippen LogP contribution in [0.4, 0.5) is 36.8 Å². The van der Waals surface area contributed by atoms with Gasteiger partial charge in [0, 0.05) is 50.4 Å². The highest BCUT2D eigenvalue weighted by Crippen LogP contribution is 2.32. The molecule has 2 fully saturated rings. The third-order valence-electron chi connectivity index (χ3n) is 6.59. The molecule has 4 rings (SSSR count). The summed E-state index contributed by atoms with van der Waals surface area (Å²) in [5, 5.41) is 7.77. The lowest BCUT2D eigenvalue weighted by Crippen LogP contribution is -2.41. The van der Waals surface area contributed by atoms with Gasteiger partial charge in [-0.1, -0.05) is 6.07 Å². The van der Waals surface area contributed by atoms with Gasteiger partial charge in [-0.3, -0.25) is 9.69 Å². The van der Waals surface area contributed by atoms with Crippen molar-refractivity contribution in [3.05, 3.63) is 48.0 Å². The van der Waals surface area contributed by atoms with Crippen LogP contribution in [0, 0.1) is 0 Å². The maximum absolute atomic E-state index is 13.0. The SMILES string of the molecule is O=C(Nc1cccc(OC(F)(F)F)c1)NC1CCC(Oc2ccc(OC(F)(F)F)c(C(=O)NCCN3CCOCC3)c2)C1. The number of benzene rings is 2. The number of urea groups is 1. The number of anilines is 1. The Morgan fingerprint density at radius 2 is 1.67 bits per heavy atom. The minimum atomic E-state index is -5.01. The zero-order valence-electron chi connectivity index (χ0n) is 22.7. The van der Waals surface area contributed by atoms with Crippen molar-refractivity contribution in [2.24, 2.45) is 0 Å². The Labute approximate surface area is 242 Å². The number of hydrogen-bond donors (Lipinski definition) is 3. The molecule has 1 heterocycles. The van der Waals surface area contributed by atoms with Crippen molar-refractivity contribution in [2.45, 2.75) is 44.1 Å². The summed E-state index contributed by atoms with van der Waals surface area (Å²) in [5.74, 6) is -1.78. The van der Waals surface area contributed by atoms with Crippen molar-refractivity contribution in [1.29, 1.82) is 0 Å². The molecule has 2 aromatic rings. The molecule has 1 aliphatic heterocycles. The summed E-state index contributed by atoms with van der Waals surface area (Å²) >= 11 is 0. The van der Waals surface area contributed by atoms with Gasteiger partial charge in [0.1, 0.15) is 23.4 Å². The van der Waals surface area contributed by atoms with E-state index in [1.54, 1.807) is 0 Å². The highest BCUT2D eigenvalue weighted by atomic mass is 19.4. The summed E-state index contributed by atoms with van der Waals surface area (Å²) in [6, 6.07) is 7.24. The molecule has 16 heteroatoms. The van der Waals surface area contributed by atoms with Gasteiger partial charge in [-0.05, 0) is 43.2 Å². The van der Waals surface area contributed by atoms with Crippen LogP contribution in [0.5, 0.6) is 17.2 Å². The Kier molecular flexibility index (Phi) is 10.4. The number of hydrogen-bond acceptors (Lipinski definition) is 7. The number of alkyl halides is 6. The van der Waals surface area contributed by atoms with Gasteiger partial charge in [0.15, 0.2) is 0 Å². The minimum absolute atomic E-state index is 0.0852. The van der Waals surface area contributed by atoms with E-state index in [0.717, 1.165) is 18.2 Å². The van der Waals surface area contributed by atoms with E-state index in [9.17, 15) is 35.9 Å². The number of nitrogens with zero attached hydrogens (tertiary/aromatic N) is 1. The number of morpholine rings is 1. The molecule has 3 amide bonds. The molecule has 2 atom stereocenters. The smallest absolute Gasteiger partial charge is 0.490 e. The summed E-state index contributed by atoms with van der Waals surface area (Å²) < 4.78 is 95.4. The number of amides is 3. The van der Waals surface area contributed by atoms with Crippen molar-refractivity contribution in [2.75, 3.05) is 44.7 Å². The van der Waals surface area contributed by atoms with Crippen LogP contribution in [0.1, 0.15) is 29.6 Å². The highest BCUT2D eigenvalue weighted by Gasteiger charge is 2.34. The van der Waals surface area contributed by atoms with Gasteiger partial charge >= 0.3 is 18.8 Å². The lowest BCUT2D eigenvalue weighted by molar-refractivity contribution is -0.275. The predicted molar refractivity (Wildman–Crippen MR) is 140 cm³/mol. The fraction of sp³-hybridized carbons (Fsp3) is 0.481. The van der Waals surface area contributed by atoms with Crippen molar-refractivity contribution in [3.63, 3.8) is 0 Å². The van der Waals surface area contributed by atoms with Gasteiger partial charge in [-0.15, -0.1) is 26.3 Å². The number of nitrogens with one attached hydrogen (secondary N) is 3. The highest BCUT2D eigenvalue weighted by molar-refractivity contribution is 5.97. The van der Waals surface area contributed by atoms with E-state index in [2.05, 4.69) is 30.3 Å². The van der Waals surface area contributed by atoms with E-state index in [1.807, 2.05) is 0 Å². The Balaban J connectivity index is 1.31. The van der Waals surface area contributed by atoms with E-state index in [4.69, 9.17) is 9.47 Å². The maximum Gasteiger partial charge on any atom is 0.573 e. The summed E-state index contributed by atoms with van der Waals surface area (Å²) in [7, 11) is 0. The van der Waals surface area contributed by atoms with E-state index in [0.29, 0.717) is 52.1 Å².